The second-order valence-electron chi connectivity index (χ2n) is 6.75. The van der Waals surface area contributed by atoms with Crippen LogP contribution in [0.2, 0.25) is 0 Å². The van der Waals surface area contributed by atoms with Gasteiger partial charge in [-0.3, -0.25) is 9.78 Å². The molecule has 0 saturated carbocycles. The van der Waals surface area contributed by atoms with Crippen molar-refractivity contribution in [3.8, 4) is 0 Å². The Balaban J connectivity index is 1.54. The number of rotatable bonds is 3. The first-order valence-electron chi connectivity index (χ1n) is 9.13. The molecule has 2 aliphatic rings. The first-order valence-corrected chi connectivity index (χ1v) is 9.13. The van der Waals surface area contributed by atoms with Crippen molar-refractivity contribution in [3.63, 3.8) is 0 Å². The maximum absolute atomic E-state index is 12.7. The highest BCUT2D eigenvalue weighted by Gasteiger charge is 2.33. The Bertz CT molecular complexity index is 767. The minimum absolute atomic E-state index is 0.0392. The van der Waals surface area contributed by atoms with E-state index in [9.17, 15) is 4.79 Å². The predicted octanol–water partition coefficient (Wildman–Crippen LogP) is 2.78. The number of carbonyl (C=O) groups is 1. The highest BCUT2D eigenvalue weighted by molar-refractivity contribution is 5.92. The van der Waals surface area contributed by atoms with E-state index < -0.39 is 0 Å². The molecule has 25 heavy (non-hydrogen) atoms. The Morgan fingerprint density at radius 3 is 3.00 bits per heavy atom. The standard InChI is InChI=1S/C19H23N5O/c25-18(10-9-15-6-4-11-20-14-15)23-13-5-7-16(23)19-22-21-17-8-2-1-3-12-24(17)19/h4,6,9-11,14,16H,1-3,5,7-8,12-13H2. The van der Waals surface area contributed by atoms with Crippen LogP contribution in [0.4, 0.5) is 0 Å². The molecular weight excluding hydrogens is 314 g/mol. The van der Waals surface area contributed by atoms with Gasteiger partial charge in [-0.25, -0.2) is 0 Å². The minimum atomic E-state index is 0.0392. The molecule has 4 rings (SSSR count). The summed E-state index contributed by atoms with van der Waals surface area (Å²) in [4.78, 5) is 18.7. The number of hydrogen-bond donors (Lipinski definition) is 0. The number of pyridine rings is 1. The number of aryl methyl sites for hydroxylation is 1. The molecule has 6 heteroatoms. The van der Waals surface area contributed by atoms with Crippen LogP contribution in [0.25, 0.3) is 6.08 Å². The first-order chi connectivity index (χ1) is 12.3. The first kappa shape index (κ1) is 16.0. The Labute approximate surface area is 147 Å². The van der Waals surface area contributed by atoms with Gasteiger partial charge in [0.05, 0.1) is 6.04 Å². The third-order valence-electron chi connectivity index (χ3n) is 5.07. The van der Waals surface area contributed by atoms with Gasteiger partial charge in [-0.1, -0.05) is 12.5 Å². The van der Waals surface area contributed by atoms with Crippen LogP contribution in [0.1, 0.15) is 55.4 Å². The van der Waals surface area contributed by atoms with Crippen molar-refractivity contribution in [3.05, 3.63) is 47.8 Å². The molecule has 2 aromatic heterocycles. The van der Waals surface area contributed by atoms with Gasteiger partial charge in [-0.15, -0.1) is 10.2 Å². The summed E-state index contributed by atoms with van der Waals surface area (Å²) in [7, 11) is 0. The Morgan fingerprint density at radius 1 is 1.16 bits per heavy atom. The summed E-state index contributed by atoms with van der Waals surface area (Å²) in [6, 6.07) is 3.86. The third kappa shape index (κ3) is 3.34. The summed E-state index contributed by atoms with van der Waals surface area (Å²) in [6.45, 7) is 1.75. The average Bonchev–Trinajstić information content (AvgIpc) is 3.21. The molecule has 1 fully saturated rings. The molecule has 2 aliphatic heterocycles. The number of nitrogens with zero attached hydrogens (tertiary/aromatic N) is 5. The second kappa shape index (κ2) is 7.17. The predicted molar refractivity (Wildman–Crippen MR) is 94.5 cm³/mol. The van der Waals surface area contributed by atoms with Crippen LogP contribution in [0.3, 0.4) is 0 Å². The smallest absolute Gasteiger partial charge is 0.247 e. The lowest BCUT2D eigenvalue weighted by Crippen LogP contribution is -2.30. The molecule has 0 aliphatic carbocycles. The van der Waals surface area contributed by atoms with E-state index in [2.05, 4.69) is 19.7 Å². The number of likely N-dealkylation sites (tertiary alicyclic amines) is 1. The molecule has 1 unspecified atom stereocenters. The normalized spacial score (nSPS) is 20.6. The lowest BCUT2D eigenvalue weighted by atomic mass is 10.2. The molecule has 0 aromatic carbocycles. The fraction of sp³-hybridized carbons (Fsp3) is 0.474. The quantitative estimate of drug-likeness (QED) is 0.808. The molecule has 4 heterocycles. The van der Waals surface area contributed by atoms with E-state index >= 15 is 0 Å². The SMILES string of the molecule is O=C(C=Cc1cccnc1)N1CCCC1c1nnc2n1CCCCC2. The van der Waals surface area contributed by atoms with Crippen molar-refractivity contribution in [1.29, 1.82) is 0 Å². The molecule has 6 nitrogen and oxygen atoms in total. The molecule has 2 aromatic rings. The highest BCUT2D eigenvalue weighted by atomic mass is 16.2. The van der Waals surface area contributed by atoms with Gasteiger partial charge in [0.2, 0.25) is 5.91 Å². The molecule has 0 N–H and O–H groups in total. The molecule has 1 amide bonds. The zero-order valence-electron chi connectivity index (χ0n) is 14.3. The Hall–Kier alpha value is -2.50. The zero-order chi connectivity index (χ0) is 17.1. The molecular formula is C19H23N5O. The van der Waals surface area contributed by atoms with Gasteiger partial charge in [0.25, 0.3) is 0 Å². The summed E-state index contributed by atoms with van der Waals surface area (Å²) in [5, 5.41) is 8.85. The van der Waals surface area contributed by atoms with Crippen LogP contribution in [0, 0.1) is 0 Å². The summed E-state index contributed by atoms with van der Waals surface area (Å²) in [6.07, 6.45) is 13.5. The summed E-state index contributed by atoms with van der Waals surface area (Å²) in [5.41, 5.74) is 0.933. The van der Waals surface area contributed by atoms with Crippen LogP contribution in [0.5, 0.6) is 0 Å². The maximum atomic E-state index is 12.7. The van der Waals surface area contributed by atoms with E-state index in [1.165, 1.54) is 19.3 Å². The minimum Gasteiger partial charge on any atom is -0.329 e. The lowest BCUT2D eigenvalue weighted by Gasteiger charge is -2.23. The van der Waals surface area contributed by atoms with Crippen molar-refractivity contribution in [2.45, 2.75) is 51.1 Å². The van der Waals surface area contributed by atoms with Crippen molar-refractivity contribution >= 4 is 12.0 Å². The van der Waals surface area contributed by atoms with Crippen LogP contribution in [-0.4, -0.2) is 37.1 Å². The molecule has 0 radical (unpaired) electrons. The van der Waals surface area contributed by atoms with E-state index in [1.807, 2.05) is 23.1 Å². The van der Waals surface area contributed by atoms with Crippen LogP contribution in [-0.2, 0) is 17.8 Å². The van der Waals surface area contributed by atoms with Gasteiger partial charge in [0.15, 0.2) is 5.82 Å². The number of carbonyl (C=O) groups excluding carboxylic acids is 1. The third-order valence-corrected chi connectivity index (χ3v) is 5.07. The monoisotopic (exact) mass is 337 g/mol. The summed E-state index contributed by atoms with van der Waals surface area (Å²) < 4.78 is 2.26. The van der Waals surface area contributed by atoms with Gasteiger partial charge < -0.3 is 9.47 Å². The molecule has 0 bridgehead atoms. The lowest BCUT2D eigenvalue weighted by molar-refractivity contribution is -0.127. The highest BCUT2D eigenvalue weighted by Crippen LogP contribution is 2.32. The van der Waals surface area contributed by atoms with E-state index in [0.29, 0.717) is 0 Å². The zero-order valence-corrected chi connectivity index (χ0v) is 14.3. The van der Waals surface area contributed by atoms with Crippen molar-refractivity contribution in [1.82, 2.24) is 24.6 Å². The van der Waals surface area contributed by atoms with Crippen molar-refractivity contribution in [2.24, 2.45) is 0 Å². The van der Waals surface area contributed by atoms with Gasteiger partial charge in [0.1, 0.15) is 5.82 Å². The van der Waals surface area contributed by atoms with E-state index in [4.69, 9.17) is 0 Å². The number of amides is 1. The topological polar surface area (TPSA) is 63.9 Å². The van der Waals surface area contributed by atoms with Gasteiger partial charge in [-0.05, 0) is 43.4 Å². The summed E-state index contributed by atoms with van der Waals surface area (Å²) in [5.74, 6) is 2.09. The van der Waals surface area contributed by atoms with Crippen LogP contribution >= 0.6 is 0 Å². The molecule has 0 spiro atoms. The fourth-order valence-corrected chi connectivity index (χ4v) is 3.79. The molecule has 130 valence electrons. The fourth-order valence-electron chi connectivity index (χ4n) is 3.79. The van der Waals surface area contributed by atoms with Gasteiger partial charge in [-0.2, -0.15) is 0 Å². The van der Waals surface area contributed by atoms with E-state index in [-0.39, 0.29) is 11.9 Å². The average molecular weight is 337 g/mol. The molecule has 1 atom stereocenters. The van der Waals surface area contributed by atoms with E-state index in [0.717, 1.165) is 49.6 Å². The number of fused-ring (bicyclic) bond motifs is 1. The van der Waals surface area contributed by atoms with Crippen molar-refractivity contribution < 1.29 is 4.79 Å². The van der Waals surface area contributed by atoms with Crippen molar-refractivity contribution in [2.75, 3.05) is 6.54 Å². The number of hydrogen-bond acceptors (Lipinski definition) is 4. The Morgan fingerprint density at radius 2 is 2.12 bits per heavy atom. The summed E-state index contributed by atoms with van der Waals surface area (Å²) >= 11 is 0. The van der Waals surface area contributed by atoms with Crippen LogP contribution in [0.15, 0.2) is 30.6 Å². The second-order valence-corrected chi connectivity index (χ2v) is 6.75. The van der Waals surface area contributed by atoms with E-state index in [1.54, 1.807) is 18.5 Å². The van der Waals surface area contributed by atoms with Gasteiger partial charge in [0, 0.05) is 38.0 Å². The Kier molecular flexibility index (Phi) is 4.59. The maximum Gasteiger partial charge on any atom is 0.247 e. The largest absolute Gasteiger partial charge is 0.329 e. The number of aromatic nitrogens is 4. The van der Waals surface area contributed by atoms with Gasteiger partial charge >= 0.3 is 0 Å². The molecule has 1 saturated heterocycles. The van der Waals surface area contributed by atoms with Crippen LogP contribution < -0.4 is 0 Å².